The molecule has 0 aliphatic carbocycles. The number of aryl methyl sites for hydroxylation is 2. The van der Waals surface area contributed by atoms with Gasteiger partial charge < -0.3 is 4.74 Å². The average Bonchev–Trinajstić information content (AvgIpc) is 2.82. The van der Waals surface area contributed by atoms with Crippen molar-refractivity contribution in [1.29, 1.82) is 0 Å². The molecule has 9 heteroatoms. The molecular weight excluding hydrogens is 486 g/mol. The summed E-state index contributed by atoms with van der Waals surface area (Å²) in [6, 6.07) is 14.8. The third-order valence-electron chi connectivity index (χ3n) is 5.81. The molecule has 35 heavy (non-hydrogen) atoms. The molecule has 0 aromatic heterocycles. The summed E-state index contributed by atoms with van der Waals surface area (Å²) >= 11 is 6.25. The Kier molecular flexibility index (Phi) is 8.19. The van der Waals surface area contributed by atoms with Gasteiger partial charge in [-0.3, -0.25) is 9.10 Å². The van der Waals surface area contributed by atoms with Gasteiger partial charge in [0.2, 0.25) is 0 Å². The van der Waals surface area contributed by atoms with Crippen LogP contribution in [0.2, 0.25) is 5.02 Å². The first kappa shape index (κ1) is 26.2. The van der Waals surface area contributed by atoms with Crippen LogP contribution in [-0.4, -0.2) is 34.2 Å². The topological polar surface area (TPSA) is 88.1 Å². The van der Waals surface area contributed by atoms with Gasteiger partial charge >= 0.3 is 0 Å². The first-order chi connectivity index (χ1) is 16.5. The van der Waals surface area contributed by atoms with E-state index in [-0.39, 0.29) is 15.6 Å². The van der Waals surface area contributed by atoms with Crippen LogP contribution >= 0.6 is 11.6 Å². The van der Waals surface area contributed by atoms with Crippen molar-refractivity contribution < 1.29 is 17.9 Å². The van der Waals surface area contributed by atoms with Crippen LogP contribution in [0.1, 0.15) is 27.8 Å². The molecule has 0 saturated heterocycles. The Balaban J connectivity index is 1.89. The number of carbonyl (C=O) groups is 1. The zero-order chi connectivity index (χ0) is 25.8. The van der Waals surface area contributed by atoms with Crippen LogP contribution in [0.4, 0.5) is 5.69 Å². The fraction of sp³-hybridized carbons (Fsp3) is 0.231. The Labute approximate surface area is 211 Å². The van der Waals surface area contributed by atoms with E-state index < -0.39 is 22.5 Å². The van der Waals surface area contributed by atoms with Crippen molar-refractivity contribution in [1.82, 2.24) is 5.43 Å². The molecule has 0 saturated carbocycles. The number of hydrogen-bond acceptors (Lipinski definition) is 5. The number of hydrogen-bond donors (Lipinski definition) is 1. The molecule has 0 heterocycles. The summed E-state index contributed by atoms with van der Waals surface area (Å²) < 4.78 is 33.1. The van der Waals surface area contributed by atoms with Gasteiger partial charge in [0.15, 0.2) is 0 Å². The van der Waals surface area contributed by atoms with Gasteiger partial charge in [-0.2, -0.15) is 5.10 Å². The van der Waals surface area contributed by atoms with E-state index in [1.165, 1.54) is 36.9 Å². The summed E-state index contributed by atoms with van der Waals surface area (Å²) in [4.78, 5) is 12.8. The Morgan fingerprint density at radius 1 is 1.03 bits per heavy atom. The number of carbonyl (C=O) groups excluding carboxylic acids is 1. The van der Waals surface area contributed by atoms with Crippen molar-refractivity contribution in [2.45, 2.75) is 32.6 Å². The van der Waals surface area contributed by atoms with Gasteiger partial charge in [-0.15, -0.1) is 0 Å². The van der Waals surface area contributed by atoms with E-state index >= 15 is 0 Å². The Morgan fingerprint density at radius 3 is 2.34 bits per heavy atom. The van der Waals surface area contributed by atoms with Crippen molar-refractivity contribution in [3.8, 4) is 5.75 Å². The average molecular weight is 514 g/mol. The molecule has 3 aromatic rings. The van der Waals surface area contributed by atoms with Gasteiger partial charge in [0, 0.05) is 0 Å². The number of anilines is 1. The third kappa shape index (κ3) is 6.01. The largest absolute Gasteiger partial charge is 0.495 e. The summed E-state index contributed by atoms with van der Waals surface area (Å²) in [5.74, 6) is -0.216. The van der Waals surface area contributed by atoms with Gasteiger partial charge in [0.1, 0.15) is 12.3 Å². The standard InChI is InChI=1S/C26H28ClN3O4S/c1-17-6-11-23(12-7-17)35(32,33)30(22-10-13-25(34-5)24(27)14-22)16-26(31)29-28-15-21-9-8-18(2)19(3)20(21)4/h6-15H,16H2,1-5H3,(H,29,31)/b28-15-. The number of benzene rings is 3. The molecule has 0 spiro atoms. The summed E-state index contributed by atoms with van der Waals surface area (Å²) in [6.45, 7) is 7.39. The van der Waals surface area contributed by atoms with Crippen LogP contribution in [0, 0.1) is 27.7 Å². The quantitative estimate of drug-likeness (QED) is 0.342. The fourth-order valence-electron chi connectivity index (χ4n) is 3.42. The van der Waals surface area contributed by atoms with Gasteiger partial charge in [-0.1, -0.05) is 41.4 Å². The highest BCUT2D eigenvalue weighted by Gasteiger charge is 2.27. The van der Waals surface area contributed by atoms with Crippen molar-refractivity contribution in [3.05, 3.63) is 87.4 Å². The number of nitrogens with one attached hydrogen (secondary N) is 1. The Bertz CT molecular complexity index is 1370. The molecule has 0 aliphatic heterocycles. The maximum Gasteiger partial charge on any atom is 0.264 e. The van der Waals surface area contributed by atoms with E-state index in [4.69, 9.17) is 16.3 Å². The van der Waals surface area contributed by atoms with Gasteiger partial charge in [-0.25, -0.2) is 13.8 Å². The minimum absolute atomic E-state index is 0.0529. The smallest absolute Gasteiger partial charge is 0.264 e. The lowest BCUT2D eigenvalue weighted by atomic mass is 10.00. The summed E-state index contributed by atoms with van der Waals surface area (Å²) in [7, 11) is -2.61. The predicted octanol–water partition coefficient (Wildman–Crippen LogP) is 4.93. The van der Waals surface area contributed by atoms with Crippen LogP contribution in [0.15, 0.2) is 64.6 Å². The number of halogens is 1. The monoisotopic (exact) mass is 513 g/mol. The lowest BCUT2D eigenvalue weighted by Crippen LogP contribution is -2.39. The number of sulfonamides is 1. The van der Waals surface area contributed by atoms with Crippen LogP contribution in [0.25, 0.3) is 0 Å². The molecular formula is C26H28ClN3O4S. The highest BCUT2D eigenvalue weighted by atomic mass is 35.5. The molecule has 1 N–H and O–H groups in total. The Hall–Kier alpha value is -3.36. The highest BCUT2D eigenvalue weighted by molar-refractivity contribution is 7.92. The summed E-state index contributed by atoms with van der Waals surface area (Å²) in [5.41, 5.74) is 7.79. The second-order valence-corrected chi connectivity index (χ2v) is 10.4. The molecule has 0 atom stereocenters. The molecule has 0 unspecified atom stereocenters. The maximum atomic E-state index is 13.5. The number of hydrazone groups is 1. The van der Waals surface area contributed by atoms with Crippen molar-refractivity contribution in [2.75, 3.05) is 18.0 Å². The van der Waals surface area contributed by atoms with Crippen LogP contribution in [0.5, 0.6) is 5.75 Å². The molecule has 3 rings (SSSR count). The molecule has 1 amide bonds. The van der Waals surface area contributed by atoms with E-state index in [0.717, 1.165) is 26.6 Å². The normalized spacial score (nSPS) is 11.5. The number of amides is 1. The zero-order valence-corrected chi connectivity index (χ0v) is 21.9. The summed E-state index contributed by atoms with van der Waals surface area (Å²) in [6.07, 6.45) is 1.54. The second kappa shape index (κ2) is 10.9. The van der Waals surface area contributed by atoms with Gasteiger partial charge in [0.05, 0.1) is 28.9 Å². The SMILES string of the molecule is COc1ccc(N(CC(=O)N/N=C\c2ccc(C)c(C)c2C)S(=O)(=O)c2ccc(C)cc2)cc1Cl. The molecule has 3 aromatic carbocycles. The molecule has 184 valence electrons. The first-order valence-corrected chi connectivity index (χ1v) is 12.7. The number of rotatable bonds is 8. The highest BCUT2D eigenvalue weighted by Crippen LogP contribution is 2.32. The molecule has 0 fully saturated rings. The zero-order valence-electron chi connectivity index (χ0n) is 20.3. The predicted molar refractivity (Wildman–Crippen MR) is 140 cm³/mol. The number of ether oxygens (including phenoxy) is 1. The molecule has 0 radical (unpaired) electrons. The van der Waals surface area contributed by atoms with Crippen molar-refractivity contribution in [3.63, 3.8) is 0 Å². The second-order valence-electron chi connectivity index (χ2n) is 8.16. The molecule has 0 aliphatic rings. The fourth-order valence-corrected chi connectivity index (χ4v) is 5.08. The third-order valence-corrected chi connectivity index (χ3v) is 7.90. The van der Waals surface area contributed by atoms with Gasteiger partial charge in [-0.05, 0) is 80.3 Å². The lowest BCUT2D eigenvalue weighted by molar-refractivity contribution is -0.119. The van der Waals surface area contributed by atoms with Crippen LogP contribution in [-0.2, 0) is 14.8 Å². The lowest BCUT2D eigenvalue weighted by Gasteiger charge is -2.24. The van der Waals surface area contributed by atoms with E-state index in [0.29, 0.717) is 5.75 Å². The van der Waals surface area contributed by atoms with E-state index in [9.17, 15) is 13.2 Å². The van der Waals surface area contributed by atoms with Crippen molar-refractivity contribution >= 4 is 39.4 Å². The van der Waals surface area contributed by atoms with Crippen molar-refractivity contribution in [2.24, 2.45) is 5.10 Å². The minimum atomic E-state index is -4.08. The van der Waals surface area contributed by atoms with E-state index in [2.05, 4.69) is 10.5 Å². The van der Waals surface area contributed by atoms with Crippen LogP contribution < -0.4 is 14.5 Å². The van der Waals surface area contributed by atoms with Gasteiger partial charge in [0.25, 0.3) is 15.9 Å². The minimum Gasteiger partial charge on any atom is -0.495 e. The maximum absolute atomic E-state index is 13.5. The number of methoxy groups -OCH3 is 1. The van der Waals surface area contributed by atoms with Crippen LogP contribution in [0.3, 0.4) is 0 Å². The summed E-state index contributed by atoms with van der Waals surface area (Å²) in [5, 5.41) is 4.26. The van der Waals surface area contributed by atoms with E-state index in [1.54, 1.807) is 24.4 Å². The number of nitrogens with zero attached hydrogens (tertiary/aromatic N) is 2. The Morgan fingerprint density at radius 2 is 1.71 bits per heavy atom. The first-order valence-electron chi connectivity index (χ1n) is 10.9. The molecule has 0 bridgehead atoms. The molecule has 7 nitrogen and oxygen atoms in total. The van der Waals surface area contributed by atoms with E-state index in [1.807, 2.05) is 39.8 Å².